The quantitative estimate of drug-likeness (QED) is 0.740. The molecule has 0 unspecified atom stereocenters. The van der Waals surface area contributed by atoms with Gasteiger partial charge in [0.05, 0.1) is 8.66 Å². The molecule has 1 aromatic heterocycles. The van der Waals surface area contributed by atoms with Crippen LogP contribution in [0.3, 0.4) is 0 Å². The van der Waals surface area contributed by atoms with Crippen LogP contribution in [0.25, 0.3) is 0 Å². The molecular formula is C7H5BrF2OS. The Morgan fingerprint density at radius 2 is 2.17 bits per heavy atom. The van der Waals surface area contributed by atoms with Crippen LogP contribution < -0.4 is 0 Å². The van der Waals surface area contributed by atoms with Gasteiger partial charge in [0.25, 0.3) is 0 Å². The Labute approximate surface area is 80.5 Å². The van der Waals surface area contributed by atoms with Crippen molar-refractivity contribution in [1.82, 2.24) is 0 Å². The maximum Gasteiger partial charge on any atom is 0.307 e. The predicted molar refractivity (Wildman–Crippen MR) is 47.0 cm³/mol. The Kier molecular flexibility index (Phi) is 2.63. The minimum Gasteiger partial charge on any atom is -0.286 e. The van der Waals surface area contributed by atoms with Crippen LogP contribution >= 0.6 is 27.3 Å². The molecule has 1 nitrogen and oxygen atoms in total. The highest BCUT2D eigenvalue weighted by atomic mass is 79.9. The van der Waals surface area contributed by atoms with E-state index in [9.17, 15) is 13.6 Å². The van der Waals surface area contributed by atoms with E-state index in [-0.39, 0.29) is 4.88 Å². The summed E-state index contributed by atoms with van der Waals surface area (Å²) in [5.74, 6) is -4.40. The van der Waals surface area contributed by atoms with Crippen LogP contribution in [0.4, 0.5) is 8.78 Å². The summed E-state index contributed by atoms with van der Waals surface area (Å²) in [6.45, 7) is 0.600. The van der Waals surface area contributed by atoms with Gasteiger partial charge in [-0.3, -0.25) is 4.79 Å². The van der Waals surface area contributed by atoms with E-state index >= 15 is 0 Å². The molecule has 0 fully saturated rings. The second kappa shape index (κ2) is 3.22. The van der Waals surface area contributed by atoms with Crippen LogP contribution in [0, 0.1) is 0 Å². The Hall–Kier alpha value is -0.290. The highest BCUT2D eigenvalue weighted by Crippen LogP contribution is 2.27. The lowest BCUT2D eigenvalue weighted by Gasteiger charge is -2.05. The van der Waals surface area contributed by atoms with Gasteiger partial charge in [-0.15, -0.1) is 11.3 Å². The predicted octanol–water partition coefficient (Wildman–Crippen LogP) is 3.35. The molecule has 1 aromatic rings. The molecule has 0 aliphatic heterocycles. The number of alkyl halides is 2. The first-order valence-electron chi connectivity index (χ1n) is 3.09. The first-order valence-corrected chi connectivity index (χ1v) is 4.70. The second-order valence-electron chi connectivity index (χ2n) is 2.32. The van der Waals surface area contributed by atoms with Crippen molar-refractivity contribution < 1.29 is 13.6 Å². The van der Waals surface area contributed by atoms with E-state index in [2.05, 4.69) is 15.9 Å². The van der Waals surface area contributed by atoms with Gasteiger partial charge in [-0.05, 0) is 28.1 Å². The molecule has 66 valence electrons. The average molecular weight is 255 g/mol. The van der Waals surface area contributed by atoms with Crippen molar-refractivity contribution in [2.45, 2.75) is 12.8 Å². The Morgan fingerprint density at radius 1 is 1.58 bits per heavy atom. The Bertz CT molecular complexity index is 303. The maximum absolute atomic E-state index is 12.5. The fourth-order valence-electron chi connectivity index (χ4n) is 0.653. The van der Waals surface area contributed by atoms with Gasteiger partial charge in [-0.25, -0.2) is 0 Å². The lowest BCUT2D eigenvalue weighted by molar-refractivity contribution is 0.0226. The third-order valence-electron chi connectivity index (χ3n) is 1.20. The van der Waals surface area contributed by atoms with Gasteiger partial charge in [0.2, 0.25) is 5.78 Å². The van der Waals surface area contributed by atoms with Crippen molar-refractivity contribution in [2.24, 2.45) is 0 Å². The molecule has 0 aliphatic rings. The van der Waals surface area contributed by atoms with Crippen molar-refractivity contribution in [1.29, 1.82) is 0 Å². The second-order valence-corrected chi connectivity index (χ2v) is 4.78. The van der Waals surface area contributed by atoms with E-state index in [0.717, 1.165) is 11.3 Å². The largest absolute Gasteiger partial charge is 0.307 e. The Morgan fingerprint density at radius 3 is 2.50 bits per heavy atom. The van der Waals surface area contributed by atoms with E-state index in [1.54, 1.807) is 6.07 Å². The molecule has 0 amide bonds. The van der Waals surface area contributed by atoms with E-state index in [4.69, 9.17) is 0 Å². The number of carbonyl (C=O) groups excluding carboxylic acids is 1. The van der Waals surface area contributed by atoms with Crippen LogP contribution in [-0.2, 0) is 0 Å². The van der Waals surface area contributed by atoms with E-state index in [1.165, 1.54) is 6.07 Å². The molecule has 0 aliphatic carbocycles. The summed E-state index contributed by atoms with van der Waals surface area (Å²) < 4.78 is 25.6. The van der Waals surface area contributed by atoms with Crippen LogP contribution in [-0.4, -0.2) is 11.7 Å². The smallest absolute Gasteiger partial charge is 0.286 e. The Balaban J connectivity index is 2.93. The lowest BCUT2D eigenvalue weighted by Crippen LogP contribution is -2.23. The fraction of sp³-hybridized carbons (Fsp3) is 0.286. The number of rotatable bonds is 2. The van der Waals surface area contributed by atoms with E-state index in [1.807, 2.05) is 0 Å². The number of Topliss-reactive ketones (excluding diaryl/α,β-unsaturated/α-hetero) is 1. The third kappa shape index (κ3) is 2.10. The van der Waals surface area contributed by atoms with E-state index in [0.29, 0.717) is 10.7 Å². The van der Waals surface area contributed by atoms with Gasteiger partial charge in [-0.1, -0.05) is 0 Å². The SMILES string of the molecule is CC(F)(F)C(=O)c1ccc(Br)s1. The number of carbonyl (C=O) groups is 1. The standard InChI is InChI=1S/C7H5BrF2OS/c1-7(9,10)6(11)4-2-3-5(8)12-4/h2-3H,1H3. The zero-order valence-corrected chi connectivity index (χ0v) is 8.51. The van der Waals surface area contributed by atoms with Crippen molar-refractivity contribution in [2.75, 3.05) is 0 Å². The highest BCUT2D eigenvalue weighted by Gasteiger charge is 2.33. The average Bonchev–Trinajstić information content (AvgIpc) is 2.32. The monoisotopic (exact) mass is 254 g/mol. The summed E-state index contributed by atoms with van der Waals surface area (Å²) in [6, 6.07) is 2.96. The normalized spacial score (nSPS) is 11.7. The topological polar surface area (TPSA) is 17.1 Å². The molecule has 0 saturated heterocycles. The van der Waals surface area contributed by atoms with Gasteiger partial charge in [-0.2, -0.15) is 8.78 Å². The first kappa shape index (κ1) is 9.80. The molecule has 0 N–H and O–H groups in total. The molecule has 1 heterocycles. The van der Waals surface area contributed by atoms with Crippen molar-refractivity contribution in [3.8, 4) is 0 Å². The molecule has 0 saturated carbocycles. The van der Waals surface area contributed by atoms with Crippen molar-refractivity contribution in [3.05, 3.63) is 20.8 Å². The number of hydrogen-bond acceptors (Lipinski definition) is 2. The fourth-order valence-corrected chi connectivity index (χ4v) is 2.06. The van der Waals surface area contributed by atoms with Crippen LogP contribution in [0.2, 0.25) is 0 Å². The van der Waals surface area contributed by atoms with Crippen molar-refractivity contribution in [3.63, 3.8) is 0 Å². The number of thiophene rings is 1. The van der Waals surface area contributed by atoms with Crippen LogP contribution in [0.5, 0.6) is 0 Å². The molecule has 0 spiro atoms. The number of halogens is 3. The highest BCUT2D eigenvalue weighted by molar-refractivity contribution is 9.11. The summed E-state index contributed by atoms with van der Waals surface area (Å²) in [4.78, 5) is 11.0. The molecule has 0 radical (unpaired) electrons. The molecule has 0 bridgehead atoms. The zero-order valence-electron chi connectivity index (χ0n) is 6.11. The maximum atomic E-state index is 12.5. The number of hydrogen-bond donors (Lipinski definition) is 0. The summed E-state index contributed by atoms with van der Waals surface area (Å²) in [5, 5.41) is 0. The molecule has 0 atom stereocenters. The summed E-state index contributed by atoms with van der Waals surface area (Å²) >= 11 is 4.10. The minimum atomic E-state index is -3.27. The third-order valence-corrected chi connectivity index (χ3v) is 2.82. The summed E-state index contributed by atoms with van der Waals surface area (Å²) in [5.41, 5.74) is 0. The van der Waals surface area contributed by atoms with E-state index < -0.39 is 11.7 Å². The van der Waals surface area contributed by atoms with Gasteiger partial charge in [0.1, 0.15) is 0 Å². The van der Waals surface area contributed by atoms with Crippen LogP contribution in [0.15, 0.2) is 15.9 Å². The molecule has 1 rings (SSSR count). The molecule has 5 heteroatoms. The minimum absolute atomic E-state index is 0.0781. The molecular weight excluding hydrogens is 250 g/mol. The lowest BCUT2D eigenvalue weighted by atomic mass is 10.2. The van der Waals surface area contributed by atoms with Crippen molar-refractivity contribution >= 4 is 33.0 Å². The summed E-state index contributed by atoms with van der Waals surface area (Å²) in [6.07, 6.45) is 0. The van der Waals surface area contributed by atoms with Gasteiger partial charge in [0, 0.05) is 6.92 Å². The van der Waals surface area contributed by atoms with Gasteiger partial charge in [0.15, 0.2) is 0 Å². The summed E-state index contributed by atoms with van der Waals surface area (Å²) in [7, 11) is 0. The van der Waals surface area contributed by atoms with Crippen LogP contribution in [0.1, 0.15) is 16.6 Å². The van der Waals surface area contributed by atoms with Gasteiger partial charge < -0.3 is 0 Å². The number of ketones is 1. The first-order chi connectivity index (χ1) is 5.41. The zero-order chi connectivity index (χ0) is 9.35. The molecule has 0 aromatic carbocycles. The van der Waals surface area contributed by atoms with Gasteiger partial charge >= 0.3 is 5.92 Å². The molecule has 12 heavy (non-hydrogen) atoms.